The van der Waals surface area contributed by atoms with Crippen molar-refractivity contribution in [3.8, 4) is 0 Å². The maximum atomic E-state index is 12.4. The molecule has 2 aromatic rings. The van der Waals surface area contributed by atoms with E-state index < -0.39 is 0 Å². The Hall–Kier alpha value is -2.71. The number of hydrogen-bond donors (Lipinski definition) is 2. The molecule has 1 aromatic heterocycles. The normalized spacial score (nSPS) is 18.2. The lowest BCUT2D eigenvalue weighted by molar-refractivity contribution is -0.130. The highest BCUT2D eigenvalue weighted by atomic mass is 16.2. The summed E-state index contributed by atoms with van der Waals surface area (Å²) in [7, 11) is 3.42. The number of rotatable bonds is 6. The van der Waals surface area contributed by atoms with Crippen LogP contribution in [0.15, 0.2) is 42.6 Å². The van der Waals surface area contributed by atoms with E-state index in [0.29, 0.717) is 18.9 Å². The number of piperazine rings is 1. The summed E-state index contributed by atoms with van der Waals surface area (Å²) in [6.07, 6.45) is 1.77. The molecule has 2 N–H and O–H groups in total. The topological polar surface area (TPSA) is 82.5 Å². The number of aryl methyl sites for hydroxylation is 1. The Balaban J connectivity index is 1.61. The Morgan fingerprint density at radius 2 is 1.96 bits per heavy atom. The van der Waals surface area contributed by atoms with Crippen LogP contribution in [0.5, 0.6) is 0 Å². The number of likely N-dealkylation sites (N-methyl/N-ethyl adjacent to an activating group) is 1. The zero-order chi connectivity index (χ0) is 19.2. The first-order valence-corrected chi connectivity index (χ1v) is 9.06. The third-order valence-corrected chi connectivity index (χ3v) is 4.70. The largest absolute Gasteiger partial charge is 0.358 e. The fraction of sp³-hybridized carbons (Fsp3) is 0.421. The number of hydrogen-bond acceptors (Lipinski definition) is 5. The number of amides is 2. The minimum Gasteiger partial charge on any atom is -0.358 e. The maximum absolute atomic E-state index is 12.4. The molecular formula is C19H26N6O2. The van der Waals surface area contributed by atoms with Crippen molar-refractivity contribution in [3.05, 3.63) is 48.2 Å². The van der Waals surface area contributed by atoms with Crippen LogP contribution in [0.1, 0.15) is 5.56 Å². The summed E-state index contributed by atoms with van der Waals surface area (Å²) >= 11 is 0. The van der Waals surface area contributed by atoms with Crippen LogP contribution in [0.3, 0.4) is 0 Å². The van der Waals surface area contributed by atoms with Crippen LogP contribution in [0.2, 0.25) is 0 Å². The van der Waals surface area contributed by atoms with Gasteiger partial charge in [0.2, 0.25) is 11.8 Å². The van der Waals surface area contributed by atoms with Gasteiger partial charge in [-0.3, -0.25) is 24.1 Å². The van der Waals surface area contributed by atoms with Gasteiger partial charge in [0.15, 0.2) is 5.82 Å². The first kappa shape index (κ1) is 19.1. The molecule has 1 fully saturated rings. The van der Waals surface area contributed by atoms with E-state index in [1.165, 1.54) is 5.56 Å². The van der Waals surface area contributed by atoms with E-state index in [2.05, 4.69) is 32.8 Å². The number of nitrogens with one attached hydrogen (secondary N) is 2. The second-order valence-electron chi connectivity index (χ2n) is 6.74. The summed E-state index contributed by atoms with van der Waals surface area (Å²) in [6.45, 7) is 3.00. The molecule has 0 aliphatic carbocycles. The Kier molecular flexibility index (Phi) is 6.20. The smallest absolute Gasteiger partial charge is 0.239 e. The van der Waals surface area contributed by atoms with E-state index >= 15 is 0 Å². The quantitative estimate of drug-likeness (QED) is 0.764. The van der Waals surface area contributed by atoms with E-state index in [1.54, 1.807) is 31.0 Å². The van der Waals surface area contributed by atoms with E-state index in [1.807, 2.05) is 23.1 Å². The van der Waals surface area contributed by atoms with Crippen molar-refractivity contribution in [2.75, 3.05) is 38.5 Å². The summed E-state index contributed by atoms with van der Waals surface area (Å²) < 4.78 is 1.63. The molecule has 2 heterocycles. The van der Waals surface area contributed by atoms with Crippen molar-refractivity contribution in [2.45, 2.75) is 12.6 Å². The van der Waals surface area contributed by atoms with Crippen molar-refractivity contribution in [3.63, 3.8) is 0 Å². The molecule has 1 saturated heterocycles. The van der Waals surface area contributed by atoms with E-state index in [4.69, 9.17) is 0 Å². The standard InChI is InChI=1S/C19H26N6O2/c1-20-19(27)16-13-24(12-15-6-4-3-5-7-15)10-11-25(16)14-18(26)21-17-8-9-23(2)22-17/h3-9,16H,10-14H2,1-2H3,(H,20,27)(H,21,22,26)/t16-/m0/s1. The SMILES string of the molecule is CNC(=O)[C@@H]1CN(Cc2ccccc2)CCN1CC(=O)Nc1ccn(C)n1. The molecule has 0 spiro atoms. The third-order valence-electron chi connectivity index (χ3n) is 4.70. The first-order valence-electron chi connectivity index (χ1n) is 9.06. The molecule has 0 unspecified atom stereocenters. The predicted octanol–water partition coefficient (Wildman–Crippen LogP) is 0.291. The molecule has 1 aliphatic rings. The monoisotopic (exact) mass is 370 g/mol. The van der Waals surface area contributed by atoms with Gasteiger partial charge >= 0.3 is 0 Å². The number of aromatic nitrogens is 2. The van der Waals surface area contributed by atoms with Gasteiger partial charge in [-0.05, 0) is 5.56 Å². The number of nitrogens with zero attached hydrogens (tertiary/aromatic N) is 4. The summed E-state index contributed by atoms with van der Waals surface area (Å²) in [5.74, 6) is 0.277. The van der Waals surface area contributed by atoms with Crippen LogP contribution in [-0.4, -0.2) is 70.7 Å². The lowest BCUT2D eigenvalue weighted by Crippen LogP contribution is -2.59. The molecule has 0 bridgehead atoms. The van der Waals surface area contributed by atoms with Gasteiger partial charge in [0, 0.05) is 52.5 Å². The lowest BCUT2D eigenvalue weighted by Gasteiger charge is -2.40. The summed E-state index contributed by atoms with van der Waals surface area (Å²) in [5, 5.41) is 9.65. The number of carbonyl (C=O) groups is 2. The average molecular weight is 370 g/mol. The predicted molar refractivity (Wildman–Crippen MR) is 103 cm³/mol. The molecule has 1 atom stereocenters. The molecule has 144 valence electrons. The molecular weight excluding hydrogens is 344 g/mol. The van der Waals surface area contributed by atoms with Crippen LogP contribution in [0.4, 0.5) is 5.82 Å². The maximum Gasteiger partial charge on any atom is 0.239 e. The molecule has 1 aliphatic heterocycles. The highest BCUT2D eigenvalue weighted by Gasteiger charge is 2.33. The number of anilines is 1. The van der Waals surface area contributed by atoms with E-state index in [-0.39, 0.29) is 24.4 Å². The molecule has 2 amide bonds. The minimum atomic E-state index is -0.359. The molecule has 8 nitrogen and oxygen atoms in total. The average Bonchev–Trinajstić information content (AvgIpc) is 3.07. The highest BCUT2D eigenvalue weighted by molar-refractivity contribution is 5.92. The summed E-state index contributed by atoms with van der Waals surface area (Å²) in [6, 6.07) is 11.6. The molecule has 3 rings (SSSR count). The zero-order valence-corrected chi connectivity index (χ0v) is 15.8. The van der Waals surface area contributed by atoms with Crippen molar-refractivity contribution in [1.82, 2.24) is 24.9 Å². The van der Waals surface area contributed by atoms with E-state index in [9.17, 15) is 9.59 Å². The van der Waals surface area contributed by atoms with Gasteiger partial charge in [-0.15, -0.1) is 0 Å². The summed E-state index contributed by atoms with van der Waals surface area (Å²) in [5.41, 5.74) is 1.22. The summed E-state index contributed by atoms with van der Waals surface area (Å²) in [4.78, 5) is 28.9. The Morgan fingerprint density at radius 3 is 2.63 bits per heavy atom. The van der Waals surface area contributed by atoms with Gasteiger partial charge in [-0.25, -0.2) is 0 Å². The van der Waals surface area contributed by atoms with Crippen LogP contribution >= 0.6 is 0 Å². The molecule has 27 heavy (non-hydrogen) atoms. The second kappa shape index (κ2) is 8.79. The van der Waals surface area contributed by atoms with Crippen LogP contribution in [0.25, 0.3) is 0 Å². The fourth-order valence-electron chi connectivity index (χ4n) is 3.32. The molecule has 8 heteroatoms. The molecule has 1 aromatic carbocycles. The third kappa shape index (κ3) is 5.15. The number of benzene rings is 1. The molecule has 0 radical (unpaired) electrons. The van der Waals surface area contributed by atoms with Gasteiger partial charge < -0.3 is 10.6 Å². The van der Waals surface area contributed by atoms with Crippen molar-refractivity contribution < 1.29 is 9.59 Å². The second-order valence-corrected chi connectivity index (χ2v) is 6.74. The van der Waals surface area contributed by atoms with Crippen LogP contribution in [0, 0.1) is 0 Å². The first-order chi connectivity index (χ1) is 13.0. The van der Waals surface area contributed by atoms with E-state index in [0.717, 1.165) is 13.1 Å². The minimum absolute atomic E-state index is 0.0709. The van der Waals surface area contributed by atoms with Gasteiger partial charge in [0.05, 0.1) is 6.54 Å². The van der Waals surface area contributed by atoms with Crippen LogP contribution < -0.4 is 10.6 Å². The van der Waals surface area contributed by atoms with Gasteiger partial charge in [-0.2, -0.15) is 5.10 Å². The van der Waals surface area contributed by atoms with Gasteiger partial charge in [-0.1, -0.05) is 30.3 Å². The Bertz CT molecular complexity index is 776. The Morgan fingerprint density at radius 1 is 1.19 bits per heavy atom. The van der Waals surface area contributed by atoms with Crippen LogP contribution in [-0.2, 0) is 23.2 Å². The highest BCUT2D eigenvalue weighted by Crippen LogP contribution is 2.14. The number of carbonyl (C=O) groups excluding carboxylic acids is 2. The van der Waals surface area contributed by atoms with Crippen molar-refractivity contribution in [2.24, 2.45) is 7.05 Å². The Labute approximate surface area is 159 Å². The van der Waals surface area contributed by atoms with Gasteiger partial charge in [0.1, 0.15) is 6.04 Å². The van der Waals surface area contributed by atoms with Crippen molar-refractivity contribution >= 4 is 17.6 Å². The lowest BCUT2D eigenvalue weighted by atomic mass is 10.1. The van der Waals surface area contributed by atoms with Gasteiger partial charge in [0.25, 0.3) is 0 Å². The molecule has 0 saturated carbocycles. The van der Waals surface area contributed by atoms with Crippen molar-refractivity contribution in [1.29, 1.82) is 0 Å². The zero-order valence-electron chi connectivity index (χ0n) is 15.8. The fourth-order valence-corrected chi connectivity index (χ4v) is 3.32.